The third-order valence-electron chi connectivity index (χ3n) is 5.17. The molecule has 3 rings (SSSR count). The molecular weight excluding hydrogens is 377 g/mol. The van der Waals surface area contributed by atoms with Crippen molar-refractivity contribution >= 4 is 11.5 Å². The second-order valence-corrected chi connectivity index (χ2v) is 6.90. The molecular formula is C21H24FN3O4. The largest absolute Gasteiger partial charge is 0.495 e. The summed E-state index contributed by atoms with van der Waals surface area (Å²) in [5.74, 6) is 0.0885. The first kappa shape index (κ1) is 20.7. The highest BCUT2D eigenvalue weighted by molar-refractivity contribution is 5.99. The van der Waals surface area contributed by atoms with Gasteiger partial charge in [0.15, 0.2) is 6.30 Å². The molecule has 2 aromatic rings. The van der Waals surface area contributed by atoms with E-state index in [2.05, 4.69) is 4.90 Å². The number of carbonyl (C=O) groups is 1. The zero-order chi connectivity index (χ0) is 20.8. The average molecular weight is 401 g/mol. The van der Waals surface area contributed by atoms with E-state index in [0.717, 1.165) is 11.4 Å². The van der Waals surface area contributed by atoms with E-state index in [4.69, 9.17) is 4.74 Å². The lowest BCUT2D eigenvalue weighted by Crippen LogP contribution is -2.50. The van der Waals surface area contributed by atoms with E-state index in [1.165, 1.54) is 12.1 Å². The van der Waals surface area contributed by atoms with Crippen LogP contribution in [0.15, 0.2) is 54.6 Å². The maximum absolute atomic E-state index is 14.9. The first-order valence-electron chi connectivity index (χ1n) is 9.50. The molecule has 1 heterocycles. The van der Waals surface area contributed by atoms with E-state index in [-0.39, 0.29) is 5.56 Å². The third-order valence-corrected chi connectivity index (χ3v) is 5.17. The highest BCUT2D eigenvalue weighted by Crippen LogP contribution is 2.29. The summed E-state index contributed by atoms with van der Waals surface area (Å²) in [6.45, 7) is 1.94. The molecule has 0 bridgehead atoms. The number of nitro groups is 1. The summed E-state index contributed by atoms with van der Waals surface area (Å²) in [4.78, 5) is 26.8. The van der Waals surface area contributed by atoms with Gasteiger partial charge in [0.1, 0.15) is 5.75 Å². The molecule has 0 spiro atoms. The third kappa shape index (κ3) is 4.89. The summed E-state index contributed by atoms with van der Waals surface area (Å²) in [7, 11) is 1.61. The number of anilines is 1. The Bertz CT molecular complexity index is 841. The smallest absolute Gasteiger partial charge is 0.278 e. The Balaban J connectivity index is 1.61. The highest BCUT2D eigenvalue weighted by Gasteiger charge is 2.36. The molecule has 0 aromatic heterocycles. The number of rotatable bonds is 8. The number of hydrogen-bond acceptors (Lipinski definition) is 6. The Labute approximate surface area is 168 Å². The van der Waals surface area contributed by atoms with Crippen molar-refractivity contribution in [1.29, 1.82) is 0 Å². The maximum Gasteiger partial charge on any atom is 0.278 e. The molecule has 2 unspecified atom stereocenters. The fraction of sp³-hybridized carbons (Fsp3) is 0.381. The second kappa shape index (κ2) is 9.47. The molecule has 29 heavy (non-hydrogen) atoms. The van der Waals surface area contributed by atoms with Crippen LogP contribution in [0.25, 0.3) is 0 Å². The van der Waals surface area contributed by atoms with Crippen LogP contribution < -0.4 is 9.64 Å². The van der Waals surface area contributed by atoms with E-state index in [0.29, 0.717) is 26.2 Å². The van der Waals surface area contributed by atoms with Gasteiger partial charge in [0.05, 0.1) is 19.2 Å². The van der Waals surface area contributed by atoms with Crippen LogP contribution in [0.2, 0.25) is 0 Å². The highest BCUT2D eigenvalue weighted by atomic mass is 19.1. The number of nitrogens with zero attached hydrogens (tertiary/aromatic N) is 3. The zero-order valence-corrected chi connectivity index (χ0v) is 16.2. The van der Waals surface area contributed by atoms with Gasteiger partial charge < -0.3 is 9.64 Å². The number of Topliss-reactive ketones (excluding diaryl/α,β-unsaturated/α-hetero) is 1. The molecule has 154 valence electrons. The number of para-hydroxylation sites is 2. The summed E-state index contributed by atoms with van der Waals surface area (Å²) in [5, 5.41) is 11.4. The van der Waals surface area contributed by atoms with Crippen molar-refractivity contribution in [3.8, 4) is 5.75 Å². The minimum atomic E-state index is -1.60. The molecule has 2 atom stereocenters. The monoisotopic (exact) mass is 401 g/mol. The van der Waals surface area contributed by atoms with E-state index >= 15 is 0 Å². The lowest BCUT2D eigenvalue weighted by atomic mass is 10.0. The van der Waals surface area contributed by atoms with Crippen LogP contribution in [-0.4, -0.2) is 61.2 Å². The minimum absolute atomic E-state index is 0.224. The second-order valence-electron chi connectivity index (χ2n) is 6.90. The Kier molecular flexibility index (Phi) is 6.77. The maximum atomic E-state index is 14.9. The lowest BCUT2D eigenvalue weighted by Gasteiger charge is -2.38. The quantitative estimate of drug-likeness (QED) is 0.293. The predicted octanol–water partition coefficient (Wildman–Crippen LogP) is 3.03. The number of piperazine rings is 1. The fourth-order valence-electron chi connectivity index (χ4n) is 3.55. The first-order chi connectivity index (χ1) is 14.0. The van der Waals surface area contributed by atoms with Crippen LogP contribution >= 0.6 is 0 Å². The van der Waals surface area contributed by atoms with Crippen LogP contribution in [0.3, 0.4) is 0 Å². The molecule has 1 fully saturated rings. The van der Waals surface area contributed by atoms with E-state index in [9.17, 15) is 19.3 Å². The molecule has 1 aliphatic heterocycles. The summed E-state index contributed by atoms with van der Waals surface area (Å²) in [5.41, 5.74) is 1.16. The van der Waals surface area contributed by atoms with Crippen molar-refractivity contribution in [2.24, 2.45) is 0 Å². The molecule has 0 amide bonds. The molecule has 0 radical (unpaired) electrons. The zero-order valence-electron chi connectivity index (χ0n) is 16.2. The number of hydrogen-bond donors (Lipinski definition) is 0. The van der Waals surface area contributed by atoms with Gasteiger partial charge in [0.25, 0.3) is 6.04 Å². The number of carbonyl (C=O) groups excluding carboxylic acids is 1. The Morgan fingerprint density at radius 2 is 1.72 bits per heavy atom. The van der Waals surface area contributed by atoms with E-state index < -0.39 is 29.5 Å². The van der Waals surface area contributed by atoms with Gasteiger partial charge in [-0.1, -0.05) is 42.5 Å². The Morgan fingerprint density at radius 3 is 2.34 bits per heavy atom. The van der Waals surface area contributed by atoms with Crippen LogP contribution in [-0.2, 0) is 0 Å². The molecule has 1 saturated heterocycles. The molecule has 0 aliphatic carbocycles. The number of benzene rings is 2. The molecule has 1 aliphatic rings. The van der Waals surface area contributed by atoms with E-state index in [1.807, 2.05) is 24.3 Å². The predicted molar refractivity (Wildman–Crippen MR) is 108 cm³/mol. The van der Waals surface area contributed by atoms with E-state index in [1.54, 1.807) is 30.2 Å². The van der Waals surface area contributed by atoms with Crippen molar-refractivity contribution in [3.63, 3.8) is 0 Å². The van der Waals surface area contributed by atoms with Crippen molar-refractivity contribution in [2.75, 3.05) is 38.2 Å². The molecule has 0 saturated carbocycles. The van der Waals surface area contributed by atoms with Crippen molar-refractivity contribution in [2.45, 2.75) is 18.8 Å². The summed E-state index contributed by atoms with van der Waals surface area (Å²) in [6, 6.07) is 14.0. The van der Waals surface area contributed by atoms with Crippen LogP contribution in [0.5, 0.6) is 5.75 Å². The number of ketones is 1. The average Bonchev–Trinajstić information content (AvgIpc) is 2.77. The number of halogens is 1. The standard InChI is InChI=1S/C21H24FN3O4/c1-29-19-10-6-5-9-17(19)23-11-13-24(14-12-23)20(22)15-18(25(27)28)21(26)16-7-3-2-4-8-16/h2-10,18,20H,11-15H2,1H3. The lowest BCUT2D eigenvalue weighted by molar-refractivity contribution is -0.508. The normalized spacial score (nSPS) is 16.8. The Hall–Kier alpha value is -3.00. The fourth-order valence-corrected chi connectivity index (χ4v) is 3.55. The topological polar surface area (TPSA) is 75.9 Å². The van der Waals surface area contributed by atoms with Gasteiger partial charge in [-0.2, -0.15) is 0 Å². The van der Waals surface area contributed by atoms with Gasteiger partial charge in [-0.05, 0) is 12.1 Å². The minimum Gasteiger partial charge on any atom is -0.495 e. The van der Waals surface area contributed by atoms with Crippen molar-refractivity contribution in [1.82, 2.24) is 4.90 Å². The van der Waals surface area contributed by atoms with Crippen LogP contribution in [0, 0.1) is 10.1 Å². The van der Waals surface area contributed by atoms with Gasteiger partial charge in [0, 0.05) is 36.7 Å². The van der Waals surface area contributed by atoms with Gasteiger partial charge in [0.2, 0.25) is 5.78 Å². The Morgan fingerprint density at radius 1 is 1.10 bits per heavy atom. The van der Waals surface area contributed by atoms with Gasteiger partial charge >= 0.3 is 0 Å². The van der Waals surface area contributed by atoms with Crippen LogP contribution in [0.4, 0.5) is 10.1 Å². The molecule has 2 aromatic carbocycles. The van der Waals surface area contributed by atoms with Gasteiger partial charge in [-0.3, -0.25) is 19.8 Å². The van der Waals surface area contributed by atoms with Crippen LogP contribution in [0.1, 0.15) is 16.8 Å². The van der Waals surface area contributed by atoms with Crippen molar-refractivity contribution < 1.29 is 18.8 Å². The van der Waals surface area contributed by atoms with Gasteiger partial charge in [-0.25, -0.2) is 4.39 Å². The molecule has 0 N–H and O–H groups in total. The number of methoxy groups -OCH3 is 1. The molecule has 7 nitrogen and oxygen atoms in total. The number of alkyl halides is 1. The summed E-state index contributed by atoms with van der Waals surface area (Å²) >= 11 is 0. The number of ether oxygens (including phenoxy) is 1. The summed E-state index contributed by atoms with van der Waals surface area (Å²) < 4.78 is 20.3. The van der Waals surface area contributed by atoms with Crippen molar-refractivity contribution in [3.05, 3.63) is 70.3 Å². The van der Waals surface area contributed by atoms with Gasteiger partial charge in [-0.15, -0.1) is 0 Å². The molecule has 8 heteroatoms. The SMILES string of the molecule is COc1ccccc1N1CCN(C(F)CC(C(=O)c2ccccc2)[N+](=O)[O-])CC1. The summed E-state index contributed by atoms with van der Waals surface area (Å²) in [6.07, 6.45) is -2.02. The first-order valence-corrected chi connectivity index (χ1v) is 9.50.